The Kier molecular flexibility index (Phi) is 4.80. The molecule has 3 aliphatic carbocycles. The van der Waals surface area contributed by atoms with Crippen molar-refractivity contribution in [1.82, 2.24) is 0 Å². The van der Waals surface area contributed by atoms with Crippen LogP contribution in [-0.4, -0.2) is 29.6 Å². The van der Waals surface area contributed by atoms with Gasteiger partial charge in [0.05, 0.1) is 24.0 Å². The minimum Gasteiger partial charge on any atom is -0.481 e. The standard InChI is InChI=1S/C20H23NO5S/c1-2-26-20(25)16-12-5-3-4-6-13(12)27-18(16)21-17(22)14-10-7-8-11(9-10)15(14)19(23)24/h7-8,10-11,14-15H,2-6,9H2,1H3,(H,21,22)(H,23,24)/t10-,11-,14-,15+/m0/s1. The number of anilines is 1. The predicted molar refractivity (Wildman–Crippen MR) is 101 cm³/mol. The van der Waals surface area contributed by atoms with Gasteiger partial charge in [-0.1, -0.05) is 12.2 Å². The molecule has 2 bridgehead atoms. The second kappa shape index (κ2) is 7.11. The first-order valence-electron chi connectivity index (χ1n) is 9.55. The summed E-state index contributed by atoms with van der Waals surface area (Å²) in [5.41, 5.74) is 1.46. The lowest BCUT2D eigenvalue weighted by Gasteiger charge is -2.23. The van der Waals surface area contributed by atoms with E-state index in [1.165, 1.54) is 11.3 Å². The predicted octanol–water partition coefficient (Wildman–Crippen LogP) is 3.27. The number of fused-ring (bicyclic) bond motifs is 3. The lowest BCUT2D eigenvalue weighted by Crippen LogP contribution is -2.36. The van der Waals surface area contributed by atoms with Crippen LogP contribution in [0.1, 0.15) is 47.0 Å². The summed E-state index contributed by atoms with van der Waals surface area (Å²) in [7, 11) is 0. The van der Waals surface area contributed by atoms with Crippen LogP contribution in [0.3, 0.4) is 0 Å². The van der Waals surface area contributed by atoms with Gasteiger partial charge in [-0.05, 0) is 56.4 Å². The maximum Gasteiger partial charge on any atom is 0.341 e. The quantitative estimate of drug-likeness (QED) is 0.596. The number of rotatable bonds is 5. The van der Waals surface area contributed by atoms with Crippen molar-refractivity contribution in [3.63, 3.8) is 0 Å². The molecular weight excluding hydrogens is 366 g/mol. The summed E-state index contributed by atoms with van der Waals surface area (Å²) in [6.07, 6.45) is 8.38. The number of carboxylic acid groups (broad SMARTS) is 1. The minimum absolute atomic E-state index is 0.0447. The highest BCUT2D eigenvalue weighted by atomic mass is 32.1. The average molecular weight is 389 g/mol. The van der Waals surface area contributed by atoms with Crippen LogP contribution in [0.15, 0.2) is 12.2 Å². The summed E-state index contributed by atoms with van der Waals surface area (Å²) in [5, 5.41) is 13.0. The van der Waals surface area contributed by atoms with Crippen molar-refractivity contribution >= 4 is 34.2 Å². The fraction of sp³-hybridized carbons (Fsp3) is 0.550. The van der Waals surface area contributed by atoms with Crippen LogP contribution in [-0.2, 0) is 27.2 Å². The largest absolute Gasteiger partial charge is 0.481 e. The van der Waals surface area contributed by atoms with Gasteiger partial charge < -0.3 is 15.2 Å². The van der Waals surface area contributed by atoms with Crippen LogP contribution in [0, 0.1) is 23.7 Å². The van der Waals surface area contributed by atoms with Crippen molar-refractivity contribution in [2.45, 2.75) is 39.0 Å². The monoisotopic (exact) mass is 389 g/mol. The summed E-state index contributed by atoms with van der Waals surface area (Å²) >= 11 is 1.43. The Bertz CT molecular complexity index is 827. The third kappa shape index (κ3) is 3.08. The molecule has 3 aliphatic rings. The topological polar surface area (TPSA) is 92.7 Å². The minimum atomic E-state index is -0.928. The number of carbonyl (C=O) groups is 3. The van der Waals surface area contributed by atoms with E-state index in [0.29, 0.717) is 17.0 Å². The van der Waals surface area contributed by atoms with Gasteiger partial charge in [-0.15, -0.1) is 11.3 Å². The van der Waals surface area contributed by atoms with E-state index in [1.807, 2.05) is 12.2 Å². The third-order valence-corrected chi connectivity index (χ3v) is 7.14. The fourth-order valence-corrected chi connectivity index (χ4v) is 6.07. The molecule has 1 aromatic rings. The highest BCUT2D eigenvalue weighted by Crippen LogP contribution is 2.49. The third-order valence-electron chi connectivity index (χ3n) is 5.93. The molecule has 4 atom stereocenters. The lowest BCUT2D eigenvalue weighted by molar-refractivity contribution is -0.146. The average Bonchev–Trinajstić information content (AvgIpc) is 3.33. The Morgan fingerprint density at radius 2 is 1.89 bits per heavy atom. The molecule has 144 valence electrons. The molecule has 1 saturated carbocycles. The molecule has 2 N–H and O–H groups in total. The number of aliphatic carboxylic acids is 1. The molecule has 1 aromatic heterocycles. The number of hydrogen-bond acceptors (Lipinski definition) is 5. The Balaban J connectivity index is 1.63. The number of hydrogen-bond donors (Lipinski definition) is 2. The number of amides is 1. The van der Waals surface area contributed by atoms with Gasteiger partial charge in [-0.25, -0.2) is 4.79 Å². The first-order valence-corrected chi connectivity index (χ1v) is 10.4. The van der Waals surface area contributed by atoms with Crippen LogP contribution < -0.4 is 5.32 Å². The second-order valence-corrected chi connectivity index (χ2v) is 8.57. The fourth-order valence-electron chi connectivity index (χ4n) is 4.78. The van der Waals surface area contributed by atoms with E-state index in [1.54, 1.807) is 6.92 Å². The highest BCUT2D eigenvalue weighted by molar-refractivity contribution is 7.17. The van der Waals surface area contributed by atoms with Crippen molar-refractivity contribution in [3.8, 4) is 0 Å². The van der Waals surface area contributed by atoms with Gasteiger partial charge >= 0.3 is 11.9 Å². The van der Waals surface area contributed by atoms with E-state index < -0.39 is 23.8 Å². The number of esters is 1. The molecule has 0 aromatic carbocycles. The molecule has 1 fully saturated rings. The normalized spacial score (nSPS) is 28.0. The number of ether oxygens (including phenoxy) is 1. The van der Waals surface area contributed by atoms with Gasteiger partial charge in [0.1, 0.15) is 5.00 Å². The van der Waals surface area contributed by atoms with E-state index >= 15 is 0 Å². The SMILES string of the molecule is CCOC(=O)c1c(NC(=O)[C@@H]2[C@H](C(=O)O)[C@H]3C=C[C@H]2C3)sc2c1CCCC2. The molecule has 7 heteroatoms. The Labute approximate surface area is 161 Å². The maximum absolute atomic E-state index is 13.0. The number of carbonyl (C=O) groups excluding carboxylic acids is 2. The number of allylic oxidation sites excluding steroid dienone is 2. The van der Waals surface area contributed by atoms with Gasteiger partial charge in [0.2, 0.25) is 5.91 Å². The number of nitrogens with one attached hydrogen (secondary N) is 1. The van der Waals surface area contributed by atoms with Crippen molar-refractivity contribution < 1.29 is 24.2 Å². The molecule has 0 spiro atoms. The van der Waals surface area contributed by atoms with Crippen molar-refractivity contribution in [2.24, 2.45) is 23.7 Å². The summed E-state index contributed by atoms with van der Waals surface area (Å²) in [5.74, 6) is -3.05. The zero-order valence-electron chi connectivity index (χ0n) is 15.2. The molecule has 0 radical (unpaired) electrons. The molecule has 1 amide bonds. The lowest BCUT2D eigenvalue weighted by atomic mass is 9.82. The molecule has 6 nitrogen and oxygen atoms in total. The summed E-state index contributed by atoms with van der Waals surface area (Å²) in [6, 6.07) is 0. The van der Waals surface area contributed by atoms with Crippen LogP contribution in [0.2, 0.25) is 0 Å². The summed E-state index contributed by atoms with van der Waals surface area (Å²) in [4.78, 5) is 38.4. The Morgan fingerprint density at radius 3 is 2.59 bits per heavy atom. The molecule has 27 heavy (non-hydrogen) atoms. The molecule has 0 aliphatic heterocycles. The van der Waals surface area contributed by atoms with E-state index in [4.69, 9.17) is 4.74 Å². The summed E-state index contributed by atoms with van der Waals surface area (Å²) < 4.78 is 5.22. The van der Waals surface area contributed by atoms with Gasteiger partial charge in [-0.2, -0.15) is 0 Å². The second-order valence-electron chi connectivity index (χ2n) is 7.46. The van der Waals surface area contributed by atoms with E-state index in [0.717, 1.165) is 36.1 Å². The molecule has 0 unspecified atom stereocenters. The zero-order valence-corrected chi connectivity index (χ0v) is 16.0. The van der Waals surface area contributed by atoms with Crippen molar-refractivity contribution in [1.29, 1.82) is 0 Å². The number of aryl methyl sites for hydroxylation is 1. The van der Waals surface area contributed by atoms with Gasteiger partial charge in [0.15, 0.2) is 0 Å². The molecule has 4 rings (SSSR count). The van der Waals surface area contributed by atoms with E-state index in [-0.39, 0.29) is 24.3 Å². The van der Waals surface area contributed by atoms with Crippen LogP contribution in [0.25, 0.3) is 0 Å². The van der Waals surface area contributed by atoms with Gasteiger partial charge in [-0.3, -0.25) is 9.59 Å². The maximum atomic E-state index is 13.0. The number of thiophene rings is 1. The number of carboxylic acids is 1. The highest BCUT2D eigenvalue weighted by Gasteiger charge is 2.51. The molecular formula is C20H23NO5S. The van der Waals surface area contributed by atoms with E-state index in [2.05, 4.69) is 5.32 Å². The van der Waals surface area contributed by atoms with Crippen LogP contribution in [0.4, 0.5) is 5.00 Å². The summed E-state index contributed by atoms with van der Waals surface area (Å²) in [6.45, 7) is 2.03. The first kappa shape index (κ1) is 18.2. The van der Waals surface area contributed by atoms with Gasteiger partial charge in [0.25, 0.3) is 0 Å². The van der Waals surface area contributed by atoms with E-state index in [9.17, 15) is 19.5 Å². The van der Waals surface area contributed by atoms with Crippen LogP contribution in [0.5, 0.6) is 0 Å². The van der Waals surface area contributed by atoms with Crippen molar-refractivity contribution in [3.05, 3.63) is 28.2 Å². The van der Waals surface area contributed by atoms with Crippen LogP contribution >= 0.6 is 11.3 Å². The molecule has 1 heterocycles. The Hall–Kier alpha value is -2.15. The Morgan fingerprint density at radius 1 is 1.19 bits per heavy atom. The smallest absolute Gasteiger partial charge is 0.341 e. The molecule has 0 saturated heterocycles. The zero-order chi connectivity index (χ0) is 19.1. The first-order chi connectivity index (χ1) is 13.0. The van der Waals surface area contributed by atoms with Gasteiger partial charge in [0, 0.05) is 4.88 Å². The van der Waals surface area contributed by atoms with Crippen molar-refractivity contribution in [2.75, 3.05) is 11.9 Å².